The molecule has 2 N–H and O–H groups in total. The van der Waals surface area contributed by atoms with Crippen LogP contribution in [0.4, 0.5) is 13.2 Å². The van der Waals surface area contributed by atoms with Crippen LogP contribution in [0.3, 0.4) is 0 Å². The van der Waals surface area contributed by atoms with Crippen molar-refractivity contribution in [3.05, 3.63) is 65.5 Å². The minimum absolute atomic E-state index is 0.0327. The second kappa shape index (κ2) is 8.16. The quantitative estimate of drug-likeness (QED) is 0.770. The molecule has 0 radical (unpaired) electrons. The van der Waals surface area contributed by atoms with Gasteiger partial charge in [-0.1, -0.05) is 12.1 Å². The Morgan fingerprint density at radius 1 is 1.07 bits per heavy atom. The molecule has 1 unspecified atom stereocenters. The predicted molar refractivity (Wildman–Crippen MR) is 102 cm³/mol. The number of primary amides is 1. The number of piperidine rings is 1. The third-order valence-corrected chi connectivity index (χ3v) is 7.45. The Labute approximate surface area is 167 Å². The fourth-order valence-corrected chi connectivity index (χ4v) is 4.99. The van der Waals surface area contributed by atoms with E-state index in [9.17, 15) is 22.0 Å². The van der Waals surface area contributed by atoms with E-state index in [1.54, 1.807) is 4.90 Å². The summed E-state index contributed by atoms with van der Waals surface area (Å²) in [4.78, 5) is 12.5. The van der Waals surface area contributed by atoms with Gasteiger partial charge in [0, 0.05) is 38.0 Å². The molecule has 1 fully saturated rings. The first-order valence-corrected chi connectivity index (χ1v) is 10.6. The van der Waals surface area contributed by atoms with Crippen LogP contribution in [0.5, 0.6) is 0 Å². The lowest BCUT2D eigenvalue weighted by molar-refractivity contribution is 0.0981. The number of sulfone groups is 1. The lowest BCUT2D eigenvalue weighted by Crippen LogP contribution is -2.47. The molecule has 2 aromatic rings. The van der Waals surface area contributed by atoms with E-state index in [0.29, 0.717) is 5.56 Å². The minimum atomic E-state index is -4.29. The average molecular weight is 426 g/mol. The Morgan fingerprint density at radius 2 is 1.62 bits per heavy atom. The molecule has 2 aromatic carbocycles. The number of nitrogens with zero attached hydrogens (tertiary/aromatic N) is 1. The van der Waals surface area contributed by atoms with Gasteiger partial charge in [0.1, 0.15) is 12.0 Å². The predicted octanol–water partition coefficient (Wildman–Crippen LogP) is 3.17. The molecule has 9 heteroatoms. The van der Waals surface area contributed by atoms with Gasteiger partial charge in [0.2, 0.25) is 20.7 Å². The maximum Gasteiger partial charge on any atom is 0.248 e. The number of benzene rings is 2. The first-order chi connectivity index (χ1) is 13.6. The van der Waals surface area contributed by atoms with Gasteiger partial charge in [-0.05, 0) is 42.0 Å². The summed E-state index contributed by atoms with van der Waals surface area (Å²) >= 11 is 0. The highest BCUT2D eigenvalue weighted by Crippen LogP contribution is 2.37. The molecule has 0 aromatic heterocycles. The molecule has 0 aliphatic carbocycles. The summed E-state index contributed by atoms with van der Waals surface area (Å²) in [5.41, 5.74) is 5.57. The van der Waals surface area contributed by atoms with Crippen molar-refractivity contribution in [1.29, 1.82) is 0 Å². The zero-order valence-electron chi connectivity index (χ0n) is 15.5. The van der Waals surface area contributed by atoms with E-state index in [1.165, 1.54) is 36.4 Å². The van der Waals surface area contributed by atoms with Crippen LogP contribution in [0.2, 0.25) is 0 Å². The van der Waals surface area contributed by atoms with Crippen LogP contribution in [0.15, 0.2) is 53.4 Å². The number of nitrogens with two attached hydrogens (primary N) is 1. The van der Waals surface area contributed by atoms with Crippen LogP contribution in [0.25, 0.3) is 0 Å². The fourth-order valence-electron chi connectivity index (χ4n) is 3.35. The summed E-state index contributed by atoms with van der Waals surface area (Å²) in [7, 11) is -4.29. The standard InChI is InChI=1S/C20H21F3N2O3S/c21-16-5-1-14(2-6-16)18(22)13-25-11-9-20(23,10-12-25)29(27,28)17-7-3-15(4-8-17)19(24)26/h1-8,18H,9-13H2,(H2,24,26). The van der Waals surface area contributed by atoms with E-state index in [1.807, 2.05) is 0 Å². The number of hydrogen-bond acceptors (Lipinski definition) is 4. The number of alkyl halides is 2. The van der Waals surface area contributed by atoms with E-state index in [2.05, 4.69) is 0 Å². The second-order valence-corrected chi connectivity index (χ2v) is 9.30. The molecule has 29 heavy (non-hydrogen) atoms. The lowest BCUT2D eigenvalue weighted by Gasteiger charge is -2.36. The van der Waals surface area contributed by atoms with Crippen molar-refractivity contribution in [2.75, 3.05) is 19.6 Å². The fraction of sp³-hybridized carbons (Fsp3) is 0.350. The molecule has 1 heterocycles. The summed E-state index contributed by atoms with van der Waals surface area (Å²) in [5, 5.41) is -2.47. The first-order valence-electron chi connectivity index (χ1n) is 9.08. The molecular weight excluding hydrogens is 405 g/mol. The lowest BCUT2D eigenvalue weighted by atomic mass is 10.1. The number of likely N-dealkylation sites (tertiary alicyclic amines) is 1. The third kappa shape index (κ3) is 4.45. The number of halogens is 3. The average Bonchev–Trinajstić information content (AvgIpc) is 2.70. The summed E-state index contributed by atoms with van der Waals surface area (Å²) in [6, 6.07) is 9.84. The molecular formula is C20H21F3N2O3S. The van der Waals surface area contributed by atoms with Gasteiger partial charge in [-0.15, -0.1) is 0 Å². The third-order valence-electron chi connectivity index (χ3n) is 5.18. The molecule has 1 amide bonds. The molecule has 1 aliphatic rings. The van der Waals surface area contributed by atoms with E-state index in [0.717, 1.165) is 12.1 Å². The molecule has 1 aliphatic heterocycles. The smallest absolute Gasteiger partial charge is 0.248 e. The largest absolute Gasteiger partial charge is 0.366 e. The minimum Gasteiger partial charge on any atom is -0.366 e. The van der Waals surface area contributed by atoms with E-state index in [4.69, 9.17) is 5.73 Å². The zero-order valence-corrected chi connectivity index (χ0v) is 16.3. The van der Waals surface area contributed by atoms with Gasteiger partial charge in [0.15, 0.2) is 0 Å². The van der Waals surface area contributed by atoms with E-state index < -0.39 is 32.7 Å². The van der Waals surface area contributed by atoms with Crippen molar-refractivity contribution in [2.45, 2.75) is 28.9 Å². The molecule has 1 atom stereocenters. The normalized spacial score (nSPS) is 18.3. The highest BCUT2D eigenvalue weighted by molar-refractivity contribution is 7.92. The van der Waals surface area contributed by atoms with Gasteiger partial charge in [-0.2, -0.15) is 0 Å². The van der Waals surface area contributed by atoms with Crippen molar-refractivity contribution in [3.63, 3.8) is 0 Å². The number of amides is 1. The summed E-state index contributed by atoms with van der Waals surface area (Å²) in [6.07, 6.45) is -1.99. The molecule has 3 rings (SSSR count). The highest BCUT2D eigenvalue weighted by Gasteiger charge is 2.47. The van der Waals surface area contributed by atoms with Crippen molar-refractivity contribution in [1.82, 2.24) is 4.90 Å². The monoisotopic (exact) mass is 426 g/mol. The van der Waals surface area contributed by atoms with Gasteiger partial charge >= 0.3 is 0 Å². The van der Waals surface area contributed by atoms with Crippen LogP contribution in [-0.4, -0.2) is 43.9 Å². The van der Waals surface area contributed by atoms with E-state index in [-0.39, 0.29) is 42.9 Å². The summed E-state index contributed by atoms with van der Waals surface area (Å²) in [6.45, 7) is 0.0997. The Kier molecular flexibility index (Phi) is 6.00. The van der Waals surface area contributed by atoms with Gasteiger partial charge in [0.05, 0.1) is 4.90 Å². The molecule has 0 saturated carbocycles. The Hall–Kier alpha value is -2.39. The maximum absolute atomic E-state index is 15.3. The van der Waals surface area contributed by atoms with Gasteiger partial charge < -0.3 is 5.73 Å². The van der Waals surface area contributed by atoms with Crippen LogP contribution >= 0.6 is 0 Å². The molecule has 156 valence electrons. The van der Waals surface area contributed by atoms with Crippen molar-refractivity contribution < 1.29 is 26.4 Å². The number of rotatable bonds is 6. The topological polar surface area (TPSA) is 80.5 Å². The van der Waals surface area contributed by atoms with Crippen molar-refractivity contribution in [3.8, 4) is 0 Å². The van der Waals surface area contributed by atoms with Crippen LogP contribution in [0, 0.1) is 5.82 Å². The van der Waals surface area contributed by atoms with Crippen LogP contribution < -0.4 is 5.73 Å². The molecule has 0 bridgehead atoms. The van der Waals surface area contributed by atoms with E-state index >= 15 is 4.39 Å². The molecule has 5 nitrogen and oxygen atoms in total. The van der Waals surface area contributed by atoms with Gasteiger partial charge in [-0.3, -0.25) is 9.69 Å². The van der Waals surface area contributed by atoms with Gasteiger partial charge in [0.25, 0.3) is 0 Å². The summed E-state index contributed by atoms with van der Waals surface area (Å²) in [5.74, 6) is -1.17. The Bertz CT molecular complexity index is 971. The highest BCUT2D eigenvalue weighted by atomic mass is 32.2. The Morgan fingerprint density at radius 3 is 2.14 bits per heavy atom. The first kappa shape index (κ1) is 21.3. The summed E-state index contributed by atoms with van der Waals surface area (Å²) < 4.78 is 68.2. The second-order valence-electron chi connectivity index (χ2n) is 7.09. The van der Waals surface area contributed by atoms with Gasteiger partial charge in [-0.25, -0.2) is 21.6 Å². The SMILES string of the molecule is NC(=O)c1ccc(S(=O)(=O)C2(F)CCN(CC(F)c3ccc(F)cc3)CC2)cc1. The number of carbonyl (C=O) groups is 1. The number of carbonyl (C=O) groups excluding carboxylic acids is 1. The van der Waals surface area contributed by atoms with Crippen molar-refractivity contribution in [2.24, 2.45) is 5.73 Å². The van der Waals surface area contributed by atoms with Crippen LogP contribution in [0.1, 0.15) is 34.9 Å². The maximum atomic E-state index is 15.3. The Balaban J connectivity index is 1.66. The number of hydrogen-bond donors (Lipinski definition) is 1. The van der Waals surface area contributed by atoms with Crippen LogP contribution in [-0.2, 0) is 9.84 Å². The molecule has 1 saturated heterocycles. The van der Waals surface area contributed by atoms with Crippen molar-refractivity contribution >= 4 is 15.7 Å². The zero-order chi connectivity index (χ0) is 21.2. The molecule has 0 spiro atoms.